The van der Waals surface area contributed by atoms with Crippen LogP contribution in [0, 0.1) is 6.92 Å². The van der Waals surface area contributed by atoms with Gasteiger partial charge in [-0.15, -0.1) is 0 Å². The summed E-state index contributed by atoms with van der Waals surface area (Å²) in [5.41, 5.74) is 17.5. The molecule has 0 bridgehead atoms. The van der Waals surface area contributed by atoms with E-state index in [2.05, 4.69) is 206 Å². The van der Waals surface area contributed by atoms with Gasteiger partial charge in [0.1, 0.15) is 0 Å². The van der Waals surface area contributed by atoms with Crippen molar-refractivity contribution >= 4 is 54.5 Å². The van der Waals surface area contributed by atoms with Gasteiger partial charge >= 0.3 is 0 Å². The fourth-order valence-corrected chi connectivity index (χ4v) is 9.96. The van der Waals surface area contributed by atoms with Crippen molar-refractivity contribution in [1.29, 1.82) is 0 Å². The van der Waals surface area contributed by atoms with E-state index in [1.54, 1.807) is 0 Å². The zero-order chi connectivity index (χ0) is 38.7. The molecule has 0 radical (unpaired) electrons. The average Bonchev–Trinajstić information content (AvgIpc) is 3.86. The van der Waals surface area contributed by atoms with Gasteiger partial charge in [-0.1, -0.05) is 141 Å². The first-order chi connectivity index (χ1) is 28.5. The van der Waals surface area contributed by atoms with Crippen LogP contribution in [0.5, 0.6) is 0 Å². The number of aromatic nitrogens is 4. The standard InChI is InChI=1S/C54H38N4/c1-33-31-35(25-27-37(33)34-26-30-49-43(32-34)39-18-10-13-23-47(39)57(49)36-15-5-4-6-16-36)51-42-20-8-12-22-46(42)55-53(56-51)58-48-24-14-9-17-38(48)40-28-29-45-50(52(40)58)41-19-7-11-21-44(41)54(45,2)3/h4-32H,1-3H3. The third-order valence-electron chi connectivity index (χ3n) is 12.7. The van der Waals surface area contributed by atoms with Crippen LogP contribution in [0.4, 0.5) is 0 Å². The van der Waals surface area contributed by atoms with Gasteiger partial charge in [-0.05, 0) is 88.8 Å². The van der Waals surface area contributed by atoms with E-state index in [1.165, 1.54) is 71.5 Å². The van der Waals surface area contributed by atoms with Crippen molar-refractivity contribution in [2.24, 2.45) is 0 Å². The van der Waals surface area contributed by atoms with Crippen molar-refractivity contribution in [2.75, 3.05) is 0 Å². The number of rotatable bonds is 4. The molecule has 0 spiro atoms. The molecule has 3 heterocycles. The Morgan fingerprint density at radius 2 is 1.10 bits per heavy atom. The van der Waals surface area contributed by atoms with Gasteiger partial charge in [-0.25, -0.2) is 9.97 Å². The minimum Gasteiger partial charge on any atom is -0.309 e. The van der Waals surface area contributed by atoms with Crippen molar-refractivity contribution < 1.29 is 0 Å². The van der Waals surface area contributed by atoms with E-state index in [0.29, 0.717) is 5.95 Å². The van der Waals surface area contributed by atoms with Gasteiger partial charge < -0.3 is 4.57 Å². The Morgan fingerprint density at radius 3 is 1.91 bits per heavy atom. The van der Waals surface area contributed by atoms with E-state index < -0.39 is 0 Å². The maximum absolute atomic E-state index is 5.53. The summed E-state index contributed by atoms with van der Waals surface area (Å²) >= 11 is 0. The number of hydrogen-bond donors (Lipinski definition) is 0. The summed E-state index contributed by atoms with van der Waals surface area (Å²) in [6.45, 7) is 6.90. The van der Waals surface area contributed by atoms with Crippen LogP contribution in [0.1, 0.15) is 30.5 Å². The lowest BCUT2D eigenvalue weighted by atomic mass is 9.82. The van der Waals surface area contributed by atoms with Gasteiger partial charge in [-0.2, -0.15) is 0 Å². The molecule has 1 aliphatic rings. The van der Waals surface area contributed by atoms with Crippen LogP contribution in [-0.4, -0.2) is 19.1 Å². The number of hydrogen-bond acceptors (Lipinski definition) is 2. The molecular formula is C54H38N4. The second-order valence-corrected chi connectivity index (χ2v) is 16.2. The predicted molar refractivity (Wildman–Crippen MR) is 241 cm³/mol. The van der Waals surface area contributed by atoms with Gasteiger partial charge in [0.15, 0.2) is 0 Å². The number of fused-ring (bicyclic) bond motifs is 11. The van der Waals surface area contributed by atoms with E-state index in [0.717, 1.165) is 38.9 Å². The van der Waals surface area contributed by atoms with Crippen LogP contribution in [-0.2, 0) is 5.41 Å². The minimum absolute atomic E-state index is 0.125. The number of nitrogens with zero attached hydrogens (tertiary/aromatic N) is 4. The Bertz CT molecular complexity index is 3490. The van der Waals surface area contributed by atoms with Gasteiger partial charge in [0.2, 0.25) is 5.95 Å². The molecule has 12 rings (SSSR count). The largest absolute Gasteiger partial charge is 0.309 e. The highest BCUT2D eigenvalue weighted by Gasteiger charge is 2.37. The fourth-order valence-electron chi connectivity index (χ4n) is 9.96. The maximum Gasteiger partial charge on any atom is 0.235 e. The van der Waals surface area contributed by atoms with Crippen LogP contribution in [0.3, 0.4) is 0 Å². The summed E-state index contributed by atoms with van der Waals surface area (Å²) < 4.78 is 4.69. The normalized spacial score (nSPS) is 13.2. The Morgan fingerprint density at radius 1 is 0.448 bits per heavy atom. The topological polar surface area (TPSA) is 35.6 Å². The third-order valence-corrected chi connectivity index (χ3v) is 12.7. The summed E-state index contributed by atoms with van der Waals surface area (Å²) in [4.78, 5) is 10.9. The highest BCUT2D eigenvalue weighted by atomic mass is 15.2. The molecule has 0 amide bonds. The molecule has 0 atom stereocenters. The van der Waals surface area contributed by atoms with Crippen molar-refractivity contribution in [3.63, 3.8) is 0 Å². The van der Waals surface area contributed by atoms with E-state index in [-0.39, 0.29) is 5.41 Å². The molecule has 3 aromatic heterocycles. The average molecular weight is 743 g/mol. The molecule has 0 aliphatic heterocycles. The van der Waals surface area contributed by atoms with Crippen LogP contribution in [0.15, 0.2) is 176 Å². The molecular weight excluding hydrogens is 705 g/mol. The van der Waals surface area contributed by atoms with Crippen LogP contribution in [0.2, 0.25) is 0 Å². The zero-order valence-electron chi connectivity index (χ0n) is 32.5. The van der Waals surface area contributed by atoms with E-state index in [4.69, 9.17) is 9.97 Å². The second kappa shape index (κ2) is 12.1. The molecule has 0 saturated heterocycles. The molecule has 0 unspecified atom stereocenters. The molecule has 0 saturated carbocycles. The van der Waals surface area contributed by atoms with Gasteiger partial charge in [0.25, 0.3) is 0 Å². The summed E-state index contributed by atoms with van der Waals surface area (Å²) in [5.74, 6) is 0.678. The highest BCUT2D eigenvalue weighted by molar-refractivity contribution is 6.16. The lowest BCUT2D eigenvalue weighted by Gasteiger charge is -2.21. The van der Waals surface area contributed by atoms with Crippen LogP contribution >= 0.6 is 0 Å². The molecule has 4 heteroatoms. The summed E-state index contributed by atoms with van der Waals surface area (Å²) in [5, 5.41) is 5.94. The smallest absolute Gasteiger partial charge is 0.235 e. The Kier molecular flexibility index (Phi) is 6.86. The number of aryl methyl sites for hydroxylation is 1. The highest BCUT2D eigenvalue weighted by Crippen LogP contribution is 2.53. The van der Waals surface area contributed by atoms with Crippen molar-refractivity contribution in [3.8, 4) is 45.1 Å². The molecule has 0 N–H and O–H groups in total. The van der Waals surface area contributed by atoms with Gasteiger partial charge in [-0.3, -0.25) is 4.57 Å². The zero-order valence-corrected chi connectivity index (χ0v) is 32.5. The van der Waals surface area contributed by atoms with Gasteiger partial charge in [0.05, 0.1) is 33.3 Å². The molecule has 11 aromatic rings. The van der Waals surface area contributed by atoms with E-state index in [9.17, 15) is 0 Å². The second-order valence-electron chi connectivity index (χ2n) is 16.2. The Balaban J connectivity index is 1.05. The van der Waals surface area contributed by atoms with E-state index >= 15 is 0 Å². The molecule has 0 fully saturated rings. The predicted octanol–water partition coefficient (Wildman–Crippen LogP) is 13.8. The lowest BCUT2D eigenvalue weighted by Crippen LogP contribution is -2.14. The van der Waals surface area contributed by atoms with E-state index in [1.807, 2.05) is 0 Å². The first-order valence-corrected chi connectivity index (χ1v) is 20.1. The van der Waals surface area contributed by atoms with Gasteiger partial charge in [0, 0.05) is 49.2 Å². The monoisotopic (exact) mass is 742 g/mol. The van der Waals surface area contributed by atoms with Crippen molar-refractivity contribution in [2.45, 2.75) is 26.2 Å². The third kappa shape index (κ3) is 4.57. The molecule has 1 aliphatic carbocycles. The maximum atomic E-state index is 5.53. The molecule has 58 heavy (non-hydrogen) atoms. The SMILES string of the molecule is Cc1cc(-c2nc(-n3c4ccccc4c4ccc5c(c43)-c3ccccc3C5(C)C)nc3ccccc23)ccc1-c1ccc2c(c1)c1ccccc1n2-c1ccccc1. The van der Waals surface area contributed by atoms with Crippen molar-refractivity contribution in [1.82, 2.24) is 19.1 Å². The Labute approximate surface area is 336 Å². The minimum atomic E-state index is -0.125. The number of para-hydroxylation sites is 4. The first-order valence-electron chi connectivity index (χ1n) is 20.1. The van der Waals surface area contributed by atoms with Crippen LogP contribution in [0.25, 0.3) is 99.7 Å². The molecule has 8 aromatic carbocycles. The Hall–Kier alpha value is -7.30. The summed E-state index contributed by atoms with van der Waals surface area (Å²) in [7, 11) is 0. The lowest BCUT2D eigenvalue weighted by molar-refractivity contribution is 0.661. The van der Waals surface area contributed by atoms with Crippen LogP contribution < -0.4 is 0 Å². The van der Waals surface area contributed by atoms with Crippen molar-refractivity contribution in [3.05, 3.63) is 193 Å². The molecule has 4 nitrogen and oxygen atoms in total. The molecule has 274 valence electrons. The fraction of sp³-hybridized carbons (Fsp3) is 0.0741. The quantitative estimate of drug-likeness (QED) is 0.180. The summed E-state index contributed by atoms with van der Waals surface area (Å²) in [6, 6.07) is 63.7. The first kappa shape index (κ1) is 32.9. The summed E-state index contributed by atoms with van der Waals surface area (Å²) in [6.07, 6.45) is 0. The number of benzene rings is 8.